The van der Waals surface area contributed by atoms with Crippen LogP contribution in [0, 0.1) is 0 Å². The van der Waals surface area contributed by atoms with Gasteiger partial charge in [0.25, 0.3) is 0 Å². The predicted octanol–water partition coefficient (Wildman–Crippen LogP) is 3.22. The van der Waals surface area contributed by atoms with E-state index in [-0.39, 0.29) is 16.5 Å². The summed E-state index contributed by atoms with van der Waals surface area (Å²) in [6.45, 7) is 0.212. The summed E-state index contributed by atoms with van der Waals surface area (Å²) >= 11 is 10.7. The van der Waals surface area contributed by atoms with Crippen LogP contribution in [0.2, 0.25) is 5.02 Å². The lowest BCUT2D eigenvalue weighted by molar-refractivity contribution is 0.582. The monoisotopic (exact) mass is 380 g/mol. The summed E-state index contributed by atoms with van der Waals surface area (Å²) in [7, 11) is -3.67. The van der Waals surface area contributed by atoms with E-state index in [1.54, 1.807) is 6.07 Å². The maximum Gasteiger partial charge on any atom is 0.242 e. The first kappa shape index (κ1) is 14.8. The normalized spacial score (nSPS) is 11.7. The van der Waals surface area contributed by atoms with Crippen LogP contribution < -0.4 is 10.5 Å². The second-order valence-corrected chi connectivity index (χ2v) is 7.80. The third-order valence-corrected chi connectivity index (χ3v) is 5.88. The van der Waals surface area contributed by atoms with E-state index in [9.17, 15) is 8.42 Å². The minimum atomic E-state index is -3.67. The highest BCUT2D eigenvalue weighted by Gasteiger charge is 2.18. The van der Waals surface area contributed by atoms with E-state index < -0.39 is 10.0 Å². The molecule has 8 heteroatoms. The van der Waals surface area contributed by atoms with Crippen LogP contribution in [0.3, 0.4) is 0 Å². The Kier molecular flexibility index (Phi) is 4.52. The largest absolute Gasteiger partial charge is 0.399 e. The molecule has 19 heavy (non-hydrogen) atoms. The Morgan fingerprint density at radius 2 is 2.11 bits per heavy atom. The molecule has 0 radical (unpaired) electrons. The quantitative estimate of drug-likeness (QED) is 0.799. The first-order chi connectivity index (χ1) is 8.88. The topological polar surface area (TPSA) is 72.2 Å². The maximum absolute atomic E-state index is 12.1. The van der Waals surface area contributed by atoms with Crippen molar-refractivity contribution in [1.82, 2.24) is 4.72 Å². The van der Waals surface area contributed by atoms with E-state index in [2.05, 4.69) is 20.7 Å². The van der Waals surface area contributed by atoms with Gasteiger partial charge in [-0.15, -0.1) is 11.3 Å². The van der Waals surface area contributed by atoms with Crippen molar-refractivity contribution in [3.63, 3.8) is 0 Å². The number of nitrogens with one attached hydrogen (secondary N) is 1. The molecule has 2 rings (SSSR count). The Bertz CT molecular complexity index is 700. The minimum absolute atomic E-state index is 0.00946. The molecule has 0 aliphatic rings. The fourth-order valence-electron chi connectivity index (χ4n) is 1.42. The number of nitrogen functional groups attached to an aromatic ring is 1. The molecule has 102 valence electrons. The number of anilines is 1. The van der Waals surface area contributed by atoms with Crippen molar-refractivity contribution in [3.8, 4) is 0 Å². The fraction of sp³-hybridized carbons (Fsp3) is 0.0909. The molecule has 0 spiro atoms. The summed E-state index contributed by atoms with van der Waals surface area (Å²) in [5, 5.41) is 2.03. The minimum Gasteiger partial charge on any atom is -0.399 e. The van der Waals surface area contributed by atoms with Crippen LogP contribution in [0.4, 0.5) is 5.69 Å². The summed E-state index contributed by atoms with van der Waals surface area (Å²) in [6, 6.07) is 6.22. The number of nitrogens with two attached hydrogens (primary N) is 1. The molecule has 1 aromatic carbocycles. The van der Waals surface area contributed by atoms with Crippen molar-refractivity contribution in [2.24, 2.45) is 0 Å². The van der Waals surface area contributed by atoms with Crippen molar-refractivity contribution in [2.75, 3.05) is 5.73 Å². The van der Waals surface area contributed by atoms with Crippen LogP contribution in [0.1, 0.15) is 4.88 Å². The molecule has 0 unspecified atom stereocenters. The zero-order chi connectivity index (χ0) is 14.0. The lowest BCUT2D eigenvalue weighted by Crippen LogP contribution is -2.23. The molecule has 0 saturated heterocycles. The van der Waals surface area contributed by atoms with Gasteiger partial charge in [0.2, 0.25) is 10.0 Å². The molecular weight excluding hydrogens is 372 g/mol. The molecule has 0 aliphatic carbocycles. The van der Waals surface area contributed by atoms with Crippen molar-refractivity contribution in [1.29, 1.82) is 0 Å². The summed E-state index contributed by atoms with van der Waals surface area (Å²) < 4.78 is 27.7. The van der Waals surface area contributed by atoms with E-state index in [0.717, 1.165) is 9.35 Å². The highest BCUT2D eigenvalue weighted by Crippen LogP contribution is 2.24. The molecule has 0 amide bonds. The Hall–Kier alpha value is -0.600. The Morgan fingerprint density at radius 1 is 1.37 bits per heavy atom. The van der Waals surface area contributed by atoms with Gasteiger partial charge in [-0.3, -0.25) is 0 Å². The van der Waals surface area contributed by atoms with E-state index in [1.807, 2.05) is 11.4 Å². The molecule has 3 N–H and O–H groups in total. The van der Waals surface area contributed by atoms with Gasteiger partial charge in [-0.25, -0.2) is 13.1 Å². The average Bonchev–Trinajstić information content (AvgIpc) is 2.76. The first-order valence-corrected chi connectivity index (χ1v) is 8.69. The van der Waals surface area contributed by atoms with Crippen LogP contribution in [-0.4, -0.2) is 8.42 Å². The Balaban J connectivity index is 2.20. The molecule has 0 saturated carbocycles. The first-order valence-electron chi connectivity index (χ1n) is 5.16. The van der Waals surface area contributed by atoms with Crippen LogP contribution in [0.5, 0.6) is 0 Å². The zero-order valence-corrected chi connectivity index (χ0v) is 13.5. The third-order valence-electron chi connectivity index (χ3n) is 2.30. The smallest absolute Gasteiger partial charge is 0.242 e. The van der Waals surface area contributed by atoms with Crippen molar-refractivity contribution >= 4 is 54.6 Å². The molecule has 0 fully saturated rings. The maximum atomic E-state index is 12.1. The zero-order valence-electron chi connectivity index (χ0n) is 9.56. The van der Waals surface area contributed by atoms with Crippen LogP contribution in [0.15, 0.2) is 39.0 Å². The van der Waals surface area contributed by atoms with E-state index in [0.29, 0.717) is 5.69 Å². The van der Waals surface area contributed by atoms with Gasteiger partial charge in [0.15, 0.2) is 0 Å². The van der Waals surface area contributed by atoms with Gasteiger partial charge in [-0.05, 0) is 40.2 Å². The number of benzene rings is 1. The van der Waals surface area contributed by atoms with Crippen LogP contribution in [0.25, 0.3) is 0 Å². The van der Waals surface area contributed by atoms with Crippen molar-refractivity contribution in [3.05, 3.63) is 44.0 Å². The summed E-state index contributed by atoms with van der Waals surface area (Å²) in [4.78, 5) is 0.889. The van der Waals surface area contributed by atoms with Gasteiger partial charge in [0.1, 0.15) is 4.90 Å². The van der Waals surface area contributed by atoms with Gasteiger partial charge in [0.05, 0.1) is 5.02 Å². The van der Waals surface area contributed by atoms with E-state index in [4.69, 9.17) is 17.3 Å². The molecule has 0 atom stereocenters. The second kappa shape index (κ2) is 5.80. The summed E-state index contributed by atoms with van der Waals surface area (Å²) in [6.07, 6.45) is 0. The fourth-order valence-corrected chi connectivity index (χ4v) is 4.44. The summed E-state index contributed by atoms with van der Waals surface area (Å²) in [5.41, 5.74) is 5.93. The second-order valence-electron chi connectivity index (χ2n) is 3.75. The predicted molar refractivity (Wildman–Crippen MR) is 81.9 cm³/mol. The molecule has 2 aromatic rings. The lowest BCUT2D eigenvalue weighted by atomic mass is 10.3. The number of sulfonamides is 1. The molecule has 1 heterocycles. The number of rotatable bonds is 4. The average molecular weight is 382 g/mol. The number of hydrogen-bond acceptors (Lipinski definition) is 4. The molecule has 4 nitrogen and oxygen atoms in total. The lowest BCUT2D eigenvalue weighted by Gasteiger charge is -2.08. The van der Waals surface area contributed by atoms with Crippen molar-refractivity contribution in [2.45, 2.75) is 11.4 Å². The van der Waals surface area contributed by atoms with Gasteiger partial charge >= 0.3 is 0 Å². The SMILES string of the molecule is Nc1ccc(Cl)c(S(=O)(=O)NCc2cc(Br)cs2)c1. The highest BCUT2D eigenvalue weighted by atomic mass is 79.9. The molecule has 0 bridgehead atoms. The standard InChI is InChI=1S/C11H10BrClN2O2S2/c12-7-3-9(18-6-7)5-15-19(16,17)11-4-8(14)1-2-10(11)13/h1-4,6,15H,5,14H2. The van der Waals surface area contributed by atoms with Crippen LogP contribution in [-0.2, 0) is 16.6 Å². The number of hydrogen-bond donors (Lipinski definition) is 2. The third kappa shape index (κ3) is 3.70. The van der Waals surface area contributed by atoms with Gasteiger partial charge in [0, 0.05) is 27.0 Å². The van der Waals surface area contributed by atoms with Crippen LogP contribution >= 0.6 is 38.9 Å². The van der Waals surface area contributed by atoms with E-state index in [1.165, 1.54) is 23.5 Å². The molecule has 1 aromatic heterocycles. The van der Waals surface area contributed by atoms with E-state index >= 15 is 0 Å². The Labute approximate surface area is 128 Å². The molecular formula is C11H10BrClN2O2S2. The number of thiophene rings is 1. The van der Waals surface area contributed by atoms with Gasteiger partial charge < -0.3 is 5.73 Å². The molecule has 0 aliphatic heterocycles. The summed E-state index contributed by atoms with van der Waals surface area (Å²) in [5.74, 6) is 0. The van der Waals surface area contributed by atoms with Crippen molar-refractivity contribution < 1.29 is 8.42 Å². The van der Waals surface area contributed by atoms with Gasteiger partial charge in [-0.2, -0.15) is 0 Å². The Morgan fingerprint density at radius 3 is 2.74 bits per heavy atom. The number of halogens is 2. The highest BCUT2D eigenvalue weighted by molar-refractivity contribution is 9.10. The van der Waals surface area contributed by atoms with Gasteiger partial charge in [-0.1, -0.05) is 11.6 Å².